The van der Waals surface area contributed by atoms with Crippen LogP contribution in [0.25, 0.3) is 0 Å². The number of hydrogen-bond donors (Lipinski definition) is 0. The van der Waals surface area contributed by atoms with Crippen molar-refractivity contribution in [2.75, 3.05) is 0 Å². The number of rotatable bonds is 0. The summed E-state index contributed by atoms with van der Waals surface area (Å²) in [6.07, 6.45) is 23.8. The van der Waals surface area contributed by atoms with Crippen molar-refractivity contribution in [3.63, 3.8) is 0 Å². The molecule has 8 fully saturated rings. The van der Waals surface area contributed by atoms with Crippen LogP contribution in [0.1, 0.15) is 130 Å². The normalized spacial score (nSPS) is 44.7. The predicted molar refractivity (Wildman–Crippen MR) is 137 cm³/mol. The van der Waals surface area contributed by atoms with Crippen LogP contribution in [0, 0.1) is 71.0 Å². The van der Waals surface area contributed by atoms with E-state index in [0.29, 0.717) is 0 Å². The Bertz CT molecular complexity index is 415. The van der Waals surface area contributed by atoms with Gasteiger partial charge in [0.1, 0.15) is 0 Å². The van der Waals surface area contributed by atoms with Crippen molar-refractivity contribution >= 4 is 0 Å². The Morgan fingerprint density at radius 2 is 0.485 bits per heavy atom. The monoisotopic (exact) mass is 488 g/mol. The van der Waals surface area contributed by atoms with Crippen molar-refractivity contribution in [3.8, 4) is 0 Å². The Morgan fingerprint density at radius 3 is 0.515 bits per heavy atom. The first-order chi connectivity index (χ1) is 15.5. The van der Waals surface area contributed by atoms with E-state index in [-0.39, 0.29) is 17.4 Å². The molecule has 0 aromatic rings. The first kappa shape index (κ1) is 26.6. The van der Waals surface area contributed by atoms with E-state index in [1.165, 1.54) is 103 Å². The molecule has 8 aliphatic rings. The molecule has 0 N–H and O–H groups in total. The SMILES string of the molecule is CC1[C-]2CCC1CC2.CC1[C-]2CCC1CC2.CC1[C-]2CCC1CC2.CC1[C-]2CCC1CC2.[Cr+4]. The molecule has 0 spiro atoms. The average Bonchev–Trinajstić information content (AvgIpc) is 3.75. The number of fused-ring (bicyclic) bond motifs is 8. The van der Waals surface area contributed by atoms with E-state index in [9.17, 15) is 0 Å². The van der Waals surface area contributed by atoms with Gasteiger partial charge >= 0.3 is 17.4 Å². The van der Waals surface area contributed by atoms with Crippen LogP contribution >= 0.6 is 0 Å². The quantitative estimate of drug-likeness (QED) is 0.298. The third-order valence-electron chi connectivity index (χ3n) is 12.1. The van der Waals surface area contributed by atoms with Crippen molar-refractivity contribution in [3.05, 3.63) is 23.7 Å². The maximum absolute atomic E-state index is 2.40. The van der Waals surface area contributed by atoms with Crippen molar-refractivity contribution < 1.29 is 17.4 Å². The molecule has 8 bridgehead atoms. The number of hydrogen-bond acceptors (Lipinski definition) is 0. The van der Waals surface area contributed by atoms with Crippen LogP contribution in [-0.4, -0.2) is 0 Å². The summed E-state index contributed by atoms with van der Waals surface area (Å²) in [6, 6.07) is 0. The van der Waals surface area contributed by atoms with Gasteiger partial charge in [-0.15, -0.1) is 0 Å². The second kappa shape index (κ2) is 11.7. The fourth-order valence-electron chi connectivity index (χ4n) is 9.20. The van der Waals surface area contributed by atoms with Crippen molar-refractivity contribution in [2.45, 2.75) is 130 Å². The second-order valence-electron chi connectivity index (χ2n) is 13.1. The van der Waals surface area contributed by atoms with E-state index in [2.05, 4.69) is 27.7 Å². The van der Waals surface area contributed by atoms with Crippen LogP contribution < -0.4 is 0 Å². The molecule has 8 rings (SSSR count). The van der Waals surface area contributed by atoms with Crippen molar-refractivity contribution in [2.24, 2.45) is 47.3 Å². The molecule has 0 radical (unpaired) electrons. The minimum absolute atomic E-state index is 0. The summed E-state index contributed by atoms with van der Waals surface area (Å²) in [6.45, 7) is 9.61. The third kappa shape index (κ3) is 5.76. The molecular formula is C32H52Cr. The summed E-state index contributed by atoms with van der Waals surface area (Å²) in [5.74, 6) is 15.9. The van der Waals surface area contributed by atoms with Gasteiger partial charge in [-0.3, -0.25) is 0 Å². The van der Waals surface area contributed by atoms with Crippen molar-refractivity contribution in [1.29, 1.82) is 0 Å². The molecule has 8 aliphatic carbocycles. The maximum Gasteiger partial charge on any atom is 4.00 e. The van der Waals surface area contributed by atoms with Crippen LogP contribution in [0.2, 0.25) is 0 Å². The zero-order valence-electron chi connectivity index (χ0n) is 22.3. The minimum atomic E-state index is 0. The van der Waals surface area contributed by atoms with Gasteiger partial charge < -0.3 is 23.7 Å². The van der Waals surface area contributed by atoms with Gasteiger partial charge in [0.2, 0.25) is 0 Å². The van der Waals surface area contributed by atoms with Crippen LogP contribution in [0.4, 0.5) is 0 Å². The van der Waals surface area contributed by atoms with Gasteiger partial charge in [0.05, 0.1) is 0 Å². The third-order valence-corrected chi connectivity index (χ3v) is 12.1. The summed E-state index contributed by atoms with van der Waals surface area (Å²) in [5, 5.41) is 0. The van der Waals surface area contributed by atoms with E-state index in [4.69, 9.17) is 0 Å². The van der Waals surface area contributed by atoms with Gasteiger partial charge in [-0.25, -0.2) is 0 Å². The van der Waals surface area contributed by atoms with Gasteiger partial charge in [0, 0.05) is 0 Å². The Balaban J connectivity index is 0.000000104. The van der Waals surface area contributed by atoms with E-state index in [1.807, 2.05) is 23.7 Å². The minimum Gasteiger partial charge on any atom is -0.311 e. The summed E-state index contributed by atoms with van der Waals surface area (Å²) in [7, 11) is 0. The van der Waals surface area contributed by atoms with Crippen LogP contribution in [0.5, 0.6) is 0 Å². The summed E-state index contributed by atoms with van der Waals surface area (Å²) < 4.78 is 0. The topological polar surface area (TPSA) is 0 Å². The molecule has 0 amide bonds. The zero-order valence-corrected chi connectivity index (χ0v) is 23.6. The molecule has 0 saturated heterocycles. The molecule has 0 aromatic carbocycles. The van der Waals surface area contributed by atoms with Crippen LogP contribution in [0.15, 0.2) is 0 Å². The van der Waals surface area contributed by atoms with Gasteiger partial charge in [0.15, 0.2) is 0 Å². The molecule has 0 aromatic heterocycles. The Kier molecular flexibility index (Phi) is 9.45. The second-order valence-corrected chi connectivity index (χ2v) is 13.1. The first-order valence-corrected chi connectivity index (χ1v) is 14.9. The van der Waals surface area contributed by atoms with Gasteiger partial charge in [-0.1, -0.05) is 103 Å². The van der Waals surface area contributed by atoms with E-state index >= 15 is 0 Å². The van der Waals surface area contributed by atoms with Gasteiger partial charge in [-0.2, -0.15) is 75.0 Å². The Labute approximate surface area is 218 Å². The molecular weight excluding hydrogens is 436 g/mol. The van der Waals surface area contributed by atoms with Gasteiger partial charge in [-0.05, 0) is 0 Å². The van der Waals surface area contributed by atoms with Crippen LogP contribution in [-0.2, 0) is 17.4 Å². The fraction of sp³-hybridized carbons (Fsp3) is 0.875. The molecule has 1 heteroatoms. The Hall–Kier alpha value is 0.532. The van der Waals surface area contributed by atoms with E-state index in [0.717, 1.165) is 47.3 Å². The molecule has 0 nitrogen and oxygen atoms in total. The first-order valence-electron chi connectivity index (χ1n) is 14.9. The van der Waals surface area contributed by atoms with Crippen molar-refractivity contribution in [1.82, 2.24) is 0 Å². The molecule has 4 unspecified atom stereocenters. The molecule has 0 heterocycles. The summed E-state index contributed by atoms with van der Waals surface area (Å²) in [4.78, 5) is 0. The predicted octanol–water partition coefficient (Wildman–Crippen LogP) is 9.60. The maximum atomic E-state index is 2.40. The van der Waals surface area contributed by atoms with Crippen LogP contribution in [0.3, 0.4) is 0 Å². The molecule has 0 aliphatic heterocycles. The standard InChI is InChI=1S/4C8H13.Cr/c4*1-6-7-2-3-8(6)5-4-7;/h4*6-7H,2-5H2,1H3;/q4*-1;+4. The average molecular weight is 489 g/mol. The zero-order chi connectivity index (χ0) is 22.2. The largest absolute Gasteiger partial charge is 4.00 e. The molecule has 8 saturated carbocycles. The van der Waals surface area contributed by atoms with E-state index < -0.39 is 0 Å². The summed E-state index contributed by atoms with van der Waals surface area (Å²) in [5.41, 5.74) is 0. The summed E-state index contributed by atoms with van der Waals surface area (Å²) >= 11 is 0. The molecule has 186 valence electrons. The molecule has 33 heavy (non-hydrogen) atoms. The molecule has 4 atom stereocenters. The fourth-order valence-corrected chi connectivity index (χ4v) is 9.20. The smallest absolute Gasteiger partial charge is 0.311 e. The van der Waals surface area contributed by atoms with Gasteiger partial charge in [0.25, 0.3) is 0 Å². The van der Waals surface area contributed by atoms with E-state index in [1.54, 1.807) is 0 Å². The Morgan fingerprint density at radius 1 is 0.333 bits per heavy atom.